The first-order valence-electron chi connectivity index (χ1n) is 6.10. The van der Waals surface area contributed by atoms with Gasteiger partial charge < -0.3 is 15.8 Å². The second-order valence-electron chi connectivity index (χ2n) is 4.24. The number of carbonyl (C=O) groups excluding carboxylic acids is 1. The Morgan fingerprint density at radius 1 is 1.29 bits per heavy atom. The normalized spacial score (nSPS) is 12.4. The number of benzene rings is 1. The minimum atomic E-state index is -4.35. The van der Waals surface area contributed by atoms with E-state index in [0.29, 0.717) is 0 Å². The smallest absolute Gasteiger partial charge is 0.370 e. The highest BCUT2D eigenvalue weighted by atomic mass is 35.5. The van der Waals surface area contributed by atoms with Crippen LogP contribution in [0.25, 0.3) is 0 Å². The molecule has 0 aromatic heterocycles. The van der Waals surface area contributed by atoms with Gasteiger partial charge in [-0.15, -0.1) is 12.4 Å². The molecule has 1 unspecified atom stereocenters. The maximum absolute atomic E-state index is 11.8. The zero-order chi connectivity index (χ0) is 15.0. The second-order valence-corrected chi connectivity index (χ2v) is 4.24. The van der Waals surface area contributed by atoms with E-state index in [0.717, 1.165) is 5.56 Å². The van der Waals surface area contributed by atoms with E-state index in [9.17, 15) is 18.0 Å². The molecule has 0 fully saturated rings. The first kappa shape index (κ1) is 19.7. The van der Waals surface area contributed by atoms with E-state index in [-0.39, 0.29) is 37.9 Å². The number of ether oxygens (including phenoxy) is 1. The number of nitrogens with one attached hydrogen (secondary N) is 1. The average molecular weight is 327 g/mol. The summed E-state index contributed by atoms with van der Waals surface area (Å²) in [5.74, 6) is -0.322. The Morgan fingerprint density at radius 3 is 2.48 bits per heavy atom. The SMILES string of the molecule is Cl.NC(CC(=O)NCCOCC(F)(F)F)c1ccccc1. The molecule has 0 radical (unpaired) electrons. The number of alkyl halides is 3. The first-order valence-corrected chi connectivity index (χ1v) is 6.10. The zero-order valence-electron chi connectivity index (χ0n) is 11.2. The molecule has 0 aliphatic heterocycles. The molecule has 0 aliphatic carbocycles. The molecule has 120 valence electrons. The molecule has 1 rings (SSSR count). The van der Waals surface area contributed by atoms with Crippen molar-refractivity contribution in [3.63, 3.8) is 0 Å². The lowest BCUT2D eigenvalue weighted by molar-refractivity contribution is -0.173. The molecule has 3 N–H and O–H groups in total. The topological polar surface area (TPSA) is 64.4 Å². The monoisotopic (exact) mass is 326 g/mol. The summed E-state index contributed by atoms with van der Waals surface area (Å²) < 4.78 is 39.7. The van der Waals surface area contributed by atoms with Gasteiger partial charge in [-0.2, -0.15) is 13.2 Å². The number of rotatable bonds is 7. The van der Waals surface area contributed by atoms with Crippen LogP contribution in [0, 0.1) is 0 Å². The van der Waals surface area contributed by atoms with Crippen molar-refractivity contribution in [2.75, 3.05) is 19.8 Å². The predicted molar refractivity (Wildman–Crippen MR) is 75.1 cm³/mol. The summed E-state index contributed by atoms with van der Waals surface area (Å²) in [5.41, 5.74) is 6.67. The summed E-state index contributed by atoms with van der Waals surface area (Å²) in [7, 11) is 0. The largest absolute Gasteiger partial charge is 0.411 e. The molecule has 0 heterocycles. The third-order valence-corrected chi connectivity index (χ3v) is 2.47. The van der Waals surface area contributed by atoms with Crippen LogP contribution in [0.5, 0.6) is 0 Å². The molecule has 1 aromatic carbocycles. The molecule has 0 saturated carbocycles. The lowest BCUT2D eigenvalue weighted by Gasteiger charge is -2.12. The van der Waals surface area contributed by atoms with Gasteiger partial charge in [0.2, 0.25) is 5.91 Å². The van der Waals surface area contributed by atoms with Gasteiger partial charge in [-0.1, -0.05) is 30.3 Å². The second kappa shape index (κ2) is 9.59. The maximum Gasteiger partial charge on any atom is 0.411 e. The summed E-state index contributed by atoms with van der Waals surface area (Å²) in [5, 5.41) is 2.46. The van der Waals surface area contributed by atoms with Gasteiger partial charge in [-0.3, -0.25) is 4.79 Å². The summed E-state index contributed by atoms with van der Waals surface area (Å²) in [6.45, 7) is -1.48. The lowest BCUT2D eigenvalue weighted by Crippen LogP contribution is -2.31. The molecule has 8 heteroatoms. The van der Waals surface area contributed by atoms with Crippen LogP contribution < -0.4 is 11.1 Å². The molecule has 1 amide bonds. The third kappa shape index (κ3) is 9.28. The number of carbonyl (C=O) groups is 1. The van der Waals surface area contributed by atoms with Crippen LogP contribution in [0.4, 0.5) is 13.2 Å². The number of hydrogen-bond acceptors (Lipinski definition) is 3. The number of amides is 1. The van der Waals surface area contributed by atoms with Gasteiger partial charge >= 0.3 is 6.18 Å². The minimum absolute atomic E-state index is 0. The highest BCUT2D eigenvalue weighted by Crippen LogP contribution is 2.14. The van der Waals surface area contributed by atoms with E-state index in [1.807, 2.05) is 30.3 Å². The lowest BCUT2D eigenvalue weighted by atomic mass is 10.0. The molecular weight excluding hydrogens is 309 g/mol. The summed E-state index contributed by atoms with van der Waals surface area (Å²) >= 11 is 0. The Labute approximate surface area is 127 Å². The summed E-state index contributed by atoms with van der Waals surface area (Å²) in [6, 6.07) is 8.66. The third-order valence-electron chi connectivity index (χ3n) is 2.47. The van der Waals surface area contributed by atoms with Crippen molar-refractivity contribution < 1.29 is 22.7 Å². The molecule has 4 nitrogen and oxygen atoms in total. The van der Waals surface area contributed by atoms with Gasteiger partial charge in [0.15, 0.2) is 0 Å². The molecule has 1 atom stereocenters. The van der Waals surface area contributed by atoms with Crippen molar-refractivity contribution in [1.29, 1.82) is 0 Å². The van der Waals surface area contributed by atoms with Gasteiger partial charge in [0.05, 0.1) is 6.61 Å². The van der Waals surface area contributed by atoms with Crippen molar-refractivity contribution in [1.82, 2.24) is 5.32 Å². The number of hydrogen-bond donors (Lipinski definition) is 2. The molecule has 1 aromatic rings. The number of nitrogens with two attached hydrogens (primary N) is 1. The van der Waals surface area contributed by atoms with Crippen LogP contribution in [0.3, 0.4) is 0 Å². The number of halogens is 4. The van der Waals surface area contributed by atoms with E-state index >= 15 is 0 Å². The van der Waals surface area contributed by atoms with Crippen LogP contribution in [0.2, 0.25) is 0 Å². The van der Waals surface area contributed by atoms with E-state index in [4.69, 9.17) is 5.73 Å². The van der Waals surface area contributed by atoms with E-state index < -0.39 is 18.8 Å². The van der Waals surface area contributed by atoms with Gasteiger partial charge in [-0.25, -0.2) is 0 Å². The Balaban J connectivity index is 0.00000400. The van der Waals surface area contributed by atoms with Crippen molar-refractivity contribution in [3.05, 3.63) is 35.9 Å². The van der Waals surface area contributed by atoms with Crippen molar-refractivity contribution >= 4 is 18.3 Å². The fourth-order valence-electron chi connectivity index (χ4n) is 1.54. The van der Waals surface area contributed by atoms with E-state index in [2.05, 4.69) is 10.1 Å². The van der Waals surface area contributed by atoms with E-state index in [1.54, 1.807) is 0 Å². The van der Waals surface area contributed by atoms with Crippen LogP contribution in [-0.2, 0) is 9.53 Å². The Morgan fingerprint density at radius 2 is 1.90 bits per heavy atom. The van der Waals surface area contributed by atoms with Gasteiger partial charge in [0.25, 0.3) is 0 Å². The van der Waals surface area contributed by atoms with Gasteiger partial charge in [-0.05, 0) is 5.56 Å². The van der Waals surface area contributed by atoms with Crippen LogP contribution in [0.1, 0.15) is 18.0 Å². The van der Waals surface area contributed by atoms with Crippen molar-refractivity contribution in [2.24, 2.45) is 5.73 Å². The van der Waals surface area contributed by atoms with Gasteiger partial charge in [0, 0.05) is 19.0 Å². The molecule has 21 heavy (non-hydrogen) atoms. The first-order chi connectivity index (χ1) is 9.38. The average Bonchev–Trinajstić information content (AvgIpc) is 2.38. The minimum Gasteiger partial charge on any atom is -0.370 e. The molecule has 0 aliphatic rings. The van der Waals surface area contributed by atoms with Crippen molar-refractivity contribution in [2.45, 2.75) is 18.6 Å². The summed E-state index contributed by atoms with van der Waals surface area (Å²) in [4.78, 5) is 11.5. The molecule has 0 bridgehead atoms. The zero-order valence-corrected chi connectivity index (χ0v) is 12.0. The van der Waals surface area contributed by atoms with Crippen LogP contribution in [-0.4, -0.2) is 31.8 Å². The predicted octanol–water partition coefficient (Wildman–Crippen LogP) is 2.19. The van der Waals surface area contributed by atoms with Crippen LogP contribution >= 0.6 is 12.4 Å². The molecular formula is C13H18ClF3N2O2. The van der Waals surface area contributed by atoms with Gasteiger partial charge in [0.1, 0.15) is 6.61 Å². The quantitative estimate of drug-likeness (QED) is 0.755. The highest BCUT2D eigenvalue weighted by Gasteiger charge is 2.27. The Kier molecular flexibility index (Phi) is 9.00. The van der Waals surface area contributed by atoms with Crippen molar-refractivity contribution in [3.8, 4) is 0 Å². The summed E-state index contributed by atoms with van der Waals surface area (Å²) in [6.07, 6.45) is -4.27. The fraction of sp³-hybridized carbons (Fsp3) is 0.462. The highest BCUT2D eigenvalue weighted by molar-refractivity contribution is 5.85. The fourth-order valence-corrected chi connectivity index (χ4v) is 1.54. The molecule has 0 saturated heterocycles. The Hall–Kier alpha value is -1.31. The van der Waals surface area contributed by atoms with Crippen LogP contribution in [0.15, 0.2) is 30.3 Å². The standard InChI is InChI=1S/C13H17F3N2O2.ClH/c14-13(15,16)9-20-7-6-18-12(19)8-11(17)10-4-2-1-3-5-10;/h1-5,11H,6-9,17H2,(H,18,19);1H. The Bertz CT molecular complexity index is 416. The van der Waals surface area contributed by atoms with E-state index in [1.165, 1.54) is 0 Å². The maximum atomic E-state index is 11.8. The molecule has 0 spiro atoms.